The van der Waals surface area contributed by atoms with Gasteiger partial charge in [0.25, 0.3) is 5.56 Å². The molecular formula is C83H147N3O19S. The average Bonchev–Trinajstić information content (AvgIpc) is 1.58. The number of aromatic nitrogens is 2. The summed E-state index contributed by atoms with van der Waals surface area (Å²) in [6.45, 7) is 10.8. The van der Waals surface area contributed by atoms with Gasteiger partial charge in [-0.15, -0.1) is 0 Å². The summed E-state index contributed by atoms with van der Waals surface area (Å²) in [6, 6.07) is 1.12. The molecule has 23 heteroatoms. The maximum absolute atomic E-state index is 14.4. The Morgan fingerprint density at radius 3 is 1.11 bits per heavy atom. The van der Waals surface area contributed by atoms with Gasteiger partial charge in [0.15, 0.2) is 24.2 Å². The van der Waals surface area contributed by atoms with Crippen molar-refractivity contribution in [2.75, 3.05) is 13.2 Å². The van der Waals surface area contributed by atoms with E-state index in [2.05, 4.69) is 32.7 Å². The van der Waals surface area contributed by atoms with Gasteiger partial charge in [-0.1, -0.05) is 336 Å². The molecule has 0 saturated carbocycles. The molecular weight excluding hydrogens is 1370 g/mol. The molecule has 106 heavy (non-hydrogen) atoms. The van der Waals surface area contributed by atoms with Crippen molar-refractivity contribution in [3.05, 3.63) is 33.1 Å². The molecule has 0 spiro atoms. The van der Waals surface area contributed by atoms with Crippen LogP contribution in [0.25, 0.3) is 0 Å². The quantitative estimate of drug-likeness (QED) is 0.0348. The van der Waals surface area contributed by atoms with Crippen LogP contribution in [0.15, 0.2) is 21.9 Å². The van der Waals surface area contributed by atoms with Crippen molar-refractivity contribution in [3.63, 3.8) is 0 Å². The van der Waals surface area contributed by atoms with Gasteiger partial charge in [0.2, 0.25) is 12.4 Å². The Bertz CT molecular complexity index is 2710. The van der Waals surface area contributed by atoms with Crippen molar-refractivity contribution in [2.24, 2.45) is 0 Å². The minimum absolute atomic E-state index is 0.0142. The summed E-state index contributed by atoms with van der Waals surface area (Å²) in [7, 11) is -5.12. The number of unbranched alkanes of at least 4 members (excludes halogenated alkanes) is 48. The van der Waals surface area contributed by atoms with E-state index in [0.717, 1.165) is 126 Å². The number of hydrogen-bond donors (Lipinski definition) is 2. The molecule has 614 valence electrons. The molecule has 3 fully saturated rings. The summed E-state index contributed by atoms with van der Waals surface area (Å²) in [6.07, 6.45) is 43.4. The van der Waals surface area contributed by atoms with Crippen LogP contribution in [-0.4, -0.2) is 116 Å². The molecule has 4 rings (SSSR count). The van der Waals surface area contributed by atoms with E-state index in [4.69, 9.17) is 46.8 Å². The van der Waals surface area contributed by atoms with Crippen LogP contribution in [0.3, 0.4) is 0 Å². The molecule has 4 heterocycles. The van der Waals surface area contributed by atoms with Crippen LogP contribution in [0.5, 0.6) is 0 Å². The number of hydrogen-bond acceptors (Lipinski definition) is 19. The Hall–Kier alpha value is -4.42. The lowest BCUT2D eigenvalue weighted by Crippen LogP contribution is -2.63. The Morgan fingerprint density at radius 2 is 0.745 bits per heavy atom. The lowest BCUT2D eigenvalue weighted by atomic mass is 9.97. The molecule has 9 atom stereocenters. The first kappa shape index (κ1) is 94.0. The molecule has 1 aromatic rings. The Morgan fingerprint density at radius 1 is 0.415 bits per heavy atom. The topological polar surface area (TPSA) is 279 Å². The van der Waals surface area contributed by atoms with E-state index >= 15 is 0 Å². The van der Waals surface area contributed by atoms with Crippen molar-refractivity contribution in [2.45, 2.75) is 462 Å². The number of H-pyrrole nitrogens is 1. The molecule has 3 saturated heterocycles. The van der Waals surface area contributed by atoms with Gasteiger partial charge >= 0.3 is 46.0 Å². The minimum Gasteiger partial charge on any atom is -0.463 e. The second kappa shape index (κ2) is 58.5. The van der Waals surface area contributed by atoms with Crippen LogP contribution in [-0.2, 0) is 76.3 Å². The van der Waals surface area contributed by atoms with Gasteiger partial charge in [0, 0.05) is 37.9 Å². The van der Waals surface area contributed by atoms with E-state index in [1.54, 1.807) is 18.6 Å². The molecule has 22 nitrogen and oxygen atoms in total. The van der Waals surface area contributed by atoms with Gasteiger partial charge in [-0.25, -0.2) is 9.59 Å². The van der Waals surface area contributed by atoms with Crippen LogP contribution < -0.4 is 16.0 Å². The predicted octanol–water partition coefficient (Wildman–Crippen LogP) is 19.9. The Balaban J connectivity index is 1.58. The molecule has 3 aliphatic heterocycles. The maximum Gasteiger partial charge on any atom is 0.425 e. The van der Waals surface area contributed by atoms with E-state index in [1.165, 1.54) is 192 Å². The second-order valence-corrected chi connectivity index (χ2v) is 32.3. The van der Waals surface area contributed by atoms with Crippen molar-refractivity contribution in [1.29, 1.82) is 0 Å². The molecule has 1 aromatic heterocycles. The first-order valence-electron chi connectivity index (χ1n) is 43.0. The third-order valence-corrected chi connectivity index (χ3v) is 21.7. The Kier molecular flexibility index (Phi) is 51.8. The fourth-order valence-corrected chi connectivity index (χ4v) is 15.2. The van der Waals surface area contributed by atoms with Crippen LogP contribution in [0.2, 0.25) is 0 Å². The molecule has 0 aromatic carbocycles. The molecule has 3 aliphatic rings. The lowest BCUT2D eigenvalue weighted by molar-refractivity contribution is -0.295. The van der Waals surface area contributed by atoms with Crippen molar-refractivity contribution < 1.29 is 79.2 Å². The molecule has 2 N–H and O–H groups in total. The number of amides is 1. The molecule has 1 unspecified atom stereocenters. The minimum atomic E-state index is -5.12. The van der Waals surface area contributed by atoms with Crippen LogP contribution in [0.4, 0.5) is 4.79 Å². The van der Waals surface area contributed by atoms with Crippen LogP contribution in [0, 0.1) is 0 Å². The average molecular weight is 1520 g/mol. The number of carbonyl (C=O) groups is 5. The summed E-state index contributed by atoms with van der Waals surface area (Å²) in [5.41, 5.74) is -1.47. The van der Waals surface area contributed by atoms with Crippen molar-refractivity contribution in [3.8, 4) is 0 Å². The largest absolute Gasteiger partial charge is 0.463 e. The highest BCUT2D eigenvalue weighted by atomic mass is 32.2. The highest BCUT2D eigenvalue weighted by molar-refractivity contribution is 7.85. The van der Waals surface area contributed by atoms with E-state index in [-0.39, 0.29) is 25.7 Å². The van der Waals surface area contributed by atoms with E-state index in [0.29, 0.717) is 32.1 Å². The van der Waals surface area contributed by atoms with Gasteiger partial charge in [0.1, 0.15) is 31.0 Å². The summed E-state index contributed by atoms with van der Waals surface area (Å²) in [5, 5.41) is 0. The fraction of sp³-hybridized carbons (Fsp3) is 0.892. The van der Waals surface area contributed by atoms with Crippen LogP contribution >= 0.6 is 0 Å². The van der Waals surface area contributed by atoms with Gasteiger partial charge in [0.05, 0.1) is 6.61 Å². The number of nitrogens with one attached hydrogen (secondary N) is 2. The van der Waals surface area contributed by atoms with Crippen molar-refractivity contribution >= 4 is 40.3 Å². The molecule has 1 amide bonds. The number of aromatic amines is 1. The highest BCUT2D eigenvalue weighted by Gasteiger charge is 2.57. The first-order chi connectivity index (χ1) is 51.4. The zero-order valence-electron chi connectivity index (χ0n) is 67.0. The summed E-state index contributed by atoms with van der Waals surface area (Å²) in [4.78, 5) is 98.0. The van der Waals surface area contributed by atoms with Crippen LogP contribution in [0.1, 0.15) is 407 Å². The summed E-state index contributed by atoms with van der Waals surface area (Å²) in [5.74, 6) is -3.93. The van der Waals surface area contributed by atoms with E-state index in [1.807, 2.05) is 0 Å². The number of rotatable bonds is 67. The zero-order chi connectivity index (χ0) is 76.7. The number of ether oxygens (including phenoxy) is 9. The first-order valence-corrected chi connectivity index (χ1v) is 44.4. The number of nitrogens with zero attached hydrogens (tertiary/aromatic N) is 1. The van der Waals surface area contributed by atoms with Crippen molar-refractivity contribution in [1.82, 2.24) is 14.3 Å². The van der Waals surface area contributed by atoms with E-state index in [9.17, 15) is 42.0 Å². The third-order valence-electron chi connectivity index (χ3n) is 20.8. The van der Waals surface area contributed by atoms with Gasteiger partial charge in [-0.3, -0.25) is 37.7 Å². The highest BCUT2D eigenvalue weighted by Crippen LogP contribution is 2.43. The second-order valence-electron chi connectivity index (χ2n) is 31.0. The molecule has 0 aliphatic carbocycles. The Labute approximate surface area is 639 Å². The van der Waals surface area contributed by atoms with Gasteiger partial charge < -0.3 is 42.6 Å². The SMILES string of the molecule is CCCCCCCCCCCCCCCC(=O)OC[C@H]1OC(OC(=O)NS(=O)(=O)OC[C@H]2O[C@@H](n3ccc(=O)[nH]c3=O)[C@@H]3OC(C)(C)O[C@@H]32)[C@H](OC(=O)CCCCCCCCCCCCCCC)[C@@H](OC(=O)CCCCCCCCCCCCCCC)[C@@H]1OC(=O)CCCCCCCCCCCCCCC. The summed E-state index contributed by atoms with van der Waals surface area (Å²) >= 11 is 0. The third kappa shape index (κ3) is 42.7. The molecule has 0 bridgehead atoms. The number of esters is 4. The zero-order valence-corrected chi connectivity index (χ0v) is 67.8. The molecule has 0 radical (unpaired) electrons. The maximum atomic E-state index is 14.4. The number of fused-ring (bicyclic) bond motifs is 1. The monoisotopic (exact) mass is 1520 g/mol. The number of carbonyl (C=O) groups excluding carboxylic acids is 5. The normalized spacial score (nSPS) is 20.5. The summed E-state index contributed by atoms with van der Waals surface area (Å²) < 4.78 is 91.0. The smallest absolute Gasteiger partial charge is 0.425 e. The van der Waals surface area contributed by atoms with E-state index < -0.39 is 126 Å². The fourth-order valence-electron chi connectivity index (χ4n) is 14.6. The standard InChI is InChI=1S/C83H147N3O19S/c1-7-11-15-19-23-27-31-35-39-43-47-51-55-59-70(88)96-65-67-74(100-71(89)60-56-52-48-44-40-36-32-28-24-20-16-12-8-2)76(101-72(90)61-57-53-49-45-41-37-33-29-25-21-17-13-9-3)78(102-73(91)62-58-54-50-46-42-38-34-30-26-22-18-14-10-4)80(99-67)103-82(93)85-106(94,95)97-66-68-75-77(105-83(5,6)104-75)79(98-68)86-64-63-69(87)84-81(86)92/h63-64,67-68,74-80H,7-62,65-66H2,1-6H3,(H,85,93)(H,84,87,92)/t67-,68-,74-,75-,76+,77-,78-,79-,80?/m1/s1. The van der Waals surface area contributed by atoms with Gasteiger partial charge in [-0.2, -0.15) is 13.1 Å². The lowest BCUT2D eigenvalue weighted by Gasteiger charge is -2.43. The predicted molar refractivity (Wildman–Crippen MR) is 414 cm³/mol. The van der Waals surface area contributed by atoms with Gasteiger partial charge in [-0.05, 0) is 39.5 Å².